The number of amides is 3. The van der Waals surface area contributed by atoms with E-state index in [2.05, 4.69) is 10.6 Å². The van der Waals surface area contributed by atoms with Crippen LogP contribution in [-0.4, -0.2) is 18.0 Å². The maximum Gasteiger partial charge on any atom is 0.312 e. The lowest BCUT2D eigenvalue weighted by molar-refractivity contribution is -0.122. The summed E-state index contributed by atoms with van der Waals surface area (Å²) in [6.45, 7) is 6.05. The molecule has 0 bridgehead atoms. The number of carbonyl (C=O) groups is 2. The molecule has 0 unspecified atom stereocenters. The Hall–Kier alpha value is -1.56. The van der Waals surface area contributed by atoms with Crippen LogP contribution < -0.4 is 16.4 Å². The van der Waals surface area contributed by atoms with E-state index in [0.717, 1.165) is 4.88 Å². The molecule has 0 aliphatic rings. The Bertz CT molecular complexity index is 418. The van der Waals surface area contributed by atoms with Crippen molar-refractivity contribution < 1.29 is 9.59 Å². The molecule has 0 aliphatic heterocycles. The zero-order chi connectivity index (χ0) is 14.4. The fourth-order valence-corrected chi connectivity index (χ4v) is 2.33. The first-order chi connectivity index (χ1) is 8.90. The van der Waals surface area contributed by atoms with Crippen molar-refractivity contribution in [2.24, 2.45) is 11.7 Å². The van der Waals surface area contributed by atoms with Crippen molar-refractivity contribution in [2.75, 3.05) is 0 Å². The first kappa shape index (κ1) is 15.5. The molecule has 2 atom stereocenters. The van der Waals surface area contributed by atoms with Gasteiger partial charge in [-0.2, -0.15) is 0 Å². The minimum atomic E-state index is -0.622. The fraction of sp³-hybridized carbons (Fsp3) is 0.538. The van der Waals surface area contributed by atoms with Crippen LogP contribution in [0.3, 0.4) is 0 Å². The molecule has 19 heavy (non-hydrogen) atoms. The second kappa shape index (κ2) is 7.13. The minimum Gasteiger partial charge on any atom is -0.353 e. The average Bonchev–Trinajstić information content (AvgIpc) is 2.80. The third-order valence-corrected chi connectivity index (χ3v) is 3.97. The van der Waals surface area contributed by atoms with Gasteiger partial charge in [0, 0.05) is 10.9 Å². The summed E-state index contributed by atoms with van der Waals surface area (Å²) in [7, 11) is 0. The number of nitrogens with two attached hydrogens (primary N) is 1. The molecule has 0 saturated carbocycles. The zero-order valence-corrected chi connectivity index (χ0v) is 12.3. The molecule has 1 heterocycles. The lowest BCUT2D eigenvalue weighted by atomic mass is 10.1. The van der Waals surface area contributed by atoms with Crippen molar-refractivity contribution in [3.63, 3.8) is 0 Å². The lowest BCUT2D eigenvalue weighted by Gasteiger charge is -2.20. The number of urea groups is 1. The molecule has 1 aromatic rings. The topological polar surface area (TPSA) is 84.2 Å². The van der Waals surface area contributed by atoms with Crippen LogP contribution in [0, 0.1) is 5.92 Å². The summed E-state index contributed by atoms with van der Waals surface area (Å²) in [5, 5.41) is 7.43. The van der Waals surface area contributed by atoms with Crippen molar-refractivity contribution in [1.82, 2.24) is 10.6 Å². The molecule has 0 spiro atoms. The summed E-state index contributed by atoms with van der Waals surface area (Å²) in [6, 6.07) is 2.87. The number of nitrogens with one attached hydrogen (secondary N) is 2. The van der Waals surface area contributed by atoms with E-state index >= 15 is 0 Å². The molecule has 0 saturated heterocycles. The van der Waals surface area contributed by atoms with Crippen LogP contribution >= 0.6 is 11.3 Å². The lowest BCUT2D eigenvalue weighted by Crippen LogP contribution is -2.40. The Morgan fingerprint density at radius 3 is 2.47 bits per heavy atom. The van der Waals surface area contributed by atoms with E-state index in [4.69, 9.17) is 5.73 Å². The van der Waals surface area contributed by atoms with Crippen molar-refractivity contribution in [3.8, 4) is 0 Å². The Balaban J connectivity index is 2.63. The predicted molar refractivity (Wildman–Crippen MR) is 76.8 cm³/mol. The SMILES string of the molecule is CC(C)[C@H](C)NC(=O)C[C@@H](NC(N)=O)c1cccs1. The monoisotopic (exact) mass is 283 g/mol. The quantitative estimate of drug-likeness (QED) is 0.746. The van der Waals surface area contributed by atoms with Crippen LogP contribution in [0.15, 0.2) is 17.5 Å². The first-order valence-corrected chi connectivity index (χ1v) is 7.16. The maximum absolute atomic E-state index is 11.9. The summed E-state index contributed by atoms with van der Waals surface area (Å²) in [5.41, 5.74) is 5.15. The van der Waals surface area contributed by atoms with Gasteiger partial charge in [-0.1, -0.05) is 19.9 Å². The second-order valence-electron chi connectivity index (χ2n) is 4.88. The molecule has 1 rings (SSSR count). The molecule has 6 heteroatoms. The smallest absolute Gasteiger partial charge is 0.312 e. The molecule has 0 aromatic carbocycles. The fourth-order valence-electron chi connectivity index (χ4n) is 1.55. The Morgan fingerprint density at radius 1 is 1.32 bits per heavy atom. The Labute approximate surface area is 117 Å². The van der Waals surface area contributed by atoms with Crippen molar-refractivity contribution >= 4 is 23.3 Å². The van der Waals surface area contributed by atoms with Gasteiger partial charge in [-0.25, -0.2) is 4.79 Å². The molecule has 1 aromatic heterocycles. The summed E-state index contributed by atoms with van der Waals surface area (Å²) in [4.78, 5) is 23.9. The number of hydrogen-bond donors (Lipinski definition) is 3. The van der Waals surface area contributed by atoms with Gasteiger partial charge < -0.3 is 16.4 Å². The molecule has 0 fully saturated rings. The third kappa shape index (κ3) is 5.30. The number of primary amides is 1. The normalized spacial score (nSPS) is 13.9. The maximum atomic E-state index is 11.9. The molecule has 106 valence electrons. The minimum absolute atomic E-state index is 0.0895. The molecule has 3 amide bonds. The van der Waals surface area contributed by atoms with Gasteiger partial charge in [-0.15, -0.1) is 11.3 Å². The van der Waals surface area contributed by atoms with Crippen LogP contribution in [-0.2, 0) is 4.79 Å². The van der Waals surface area contributed by atoms with Gasteiger partial charge in [-0.05, 0) is 24.3 Å². The molecule has 5 nitrogen and oxygen atoms in total. The van der Waals surface area contributed by atoms with Crippen molar-refractivity contribution in [3.05, 3.63) is 22.4 Å². The zero-order valence-electron chi connectivity index (χ0n) is 11.5. The summed E-state index contributed by atoms with van der Waals surface area (Å²) < 4.78 is 0. The van der Waals surface area contributed by atoms with Gasteiger partial charge in [0.25, 0.3) is 0 Å². The van der Waals surface area contributed by atoms with Crippen LogP contribution in [0.2, 0.25) is 0 Å². The number of thiophene rings is 1. The Morgan fingerprint density at radius 2 is 2.00 bits per heavy atom. The van der Waals surface area contributed by atoms with Crippen LogP contribution in [0.1, 0.15) is 38.1 Å². The second-order valence-corrected chi connectivity index (χ2v) is 5.86. The molecular formula is C13H21N3O2S. The summed E-state index contributed by atoms with van der Waals surface area (Å²) >= 11 is 1.49. The largest absolute Gasteiger partial charge is 0.353 e. The van der Waals surface area contributed by atoms with E-state index in [1.807, 2.05) is 38.3 Å². The van der Waals surface area contributed by atoms with Gasteiger partial charge in [0.15, 0.2) is 0 Å². The predicted octanol–water partition coefficient (Wildman–Crippen LogP) is 2.01. The molecule has 0 aliphatic carbocycles. The highest BCUT2D eigenvalue weighted by molar-refractivity contribution is 7.10. The van der Waals surface area contributed by atoms with Crippen LogP contribution in [0.25, 0.3) is 0 Å². The summed E-state index contributed by atoms with van der Waals surface area (Å²) in [6.07, 6.45) is 0.195. The molecule has 4 N–H and O–H groups in total. The average molecular weight is 283 g/mol. The van der Waals surface area contributed by atoms with E-state index in [1.165, 1.54) is 11.3 Å². The van der Waals surface area contributed by atoms with Crippen LogP contribution in [0.5, 0.6) is 0 Å². The third-order valence-electron chi connectivity index (χ3n) is 2.98. The summed E-state index contributed by atoms with van der Waals surface area (Å²) in [5.74, 6) is 0.279. The number of hydrogen-bond acceptors (Lipinski definition) is 3. The van der Waals surface area contributed by atoms with Crippen molar-refractivity contribution in [1.29, 1.82) is 0 Å². The standard InChI is InChI=1S/C13H21N3O2S/c1-8(2)9(3)15-12(17)7-10(16-13(14)18)11-5-4-6-19-11/h4-6,8-10H,7H2,1-3H3,(H,15,17)(H3,14,16,18)/t9-,10+/m0/s1. The molecular weight excluding hydrogens is 262 g/mol. The van der Waals surface area contributed by atoms with Gasteiger partial charge in [0.2, 0.25) is 5.91 Å². The van der Waals surface area contributed by atoms with Gasteiger partial charge in [0.1, 0.15) is 0 Å². The highest BCUT2D eigenvalue weighted by atomic mass is 32.1. The van der Waals surface area contributed by atoms with E-state index in [-0.39, 0.29) is 24.4 Å². The highest BCUT2D eigenvalue weighted by Gasteiger charge is 2.19. The van der Waals surface area contributed by atoms with Gasteiger partial charge >= 0.3 is 6.03 Å². The number of rotatable bonds is 6. The van der Waals surface area contributed by atoms with E-state index in [0.29, 0.717) is 5.92 Å². The first-order valence-electron chi connectivity index (χ1n) is 6.29. The van der Waals surface area contributed by atoms with E-state index in [1.54, 1.807) is 0 Å². The highest BCUT2D eigenvalue weighted by Crippen LogP contribution is 2.22. The molecule has 0 radical (unpaired) electrons. The van der Waals surface area contributed by atoms with Gasteiger partial charge in [-0.3, -0.25) is 4.79 Å². The van der Waals surface area contributed by atoms with Crippen LogP contribution in [0.4, 0.5) is 4.79 Å². The van der Waals surface area contributed by atoms with E-state index in [9.17, 15) is 9.59 Å². The number of carbonyl (C=O) groups excluding carboxylic acids is 2. The van der Waals surface area contributed by atoms with Crippen molar-refractivity contribution in [2.45, 2.75) is 39.3 Å². The van der Waals surface area contributed by atoms with Gasteiger partial charge in [0.05, 0.1) is 12.5 Å². The van der Waals surface area contributed by atoms with E-state index < -0.39 is 6.03 Å². The Kier molecular flexibility index (Phi) is 5.82.